The third kappa shape index (κ3) is 18.6. The van der Waals surface area contributed by atoms with Crippen LogP contribution < -0.4 is 0 Å². The molecule has 0 aliphatic carbocycles. The van der Waals surface area contributed by atoms with Gasteiger partial charge in [0.15, 0.2) is 0 Å². The van der Waals surface area contributed by atoms with Gasteiger partial charge in [0.1, 0.15) is 13.0 Å². The normalized spacial score (nSPS) is 15.3. The highest BCUT2D eigenvalue weighted by Gasteiger charge is 2.80. The van der Waals surface area contributed by atoms with Crippen molar-refractivity contribution in [2.75, 3.05) is 13.8 Å². The fraction of sp³-hybridized carbons (Fsp3) is 1.00. The molecule has 260 valence electrons. The van der Waals surface area contributed by atoms with Crippen LogP contribution in [0.5, 0.6) is 0 Å². The maximum absolute atomic E-state index is 13.2. The van der Waals surface area contributed by atoms with Gasteiger partial charge in [-0.1, -0.05) is 6.92 Å². The molecule has 0 aromatic heterocycles. The van der Waals surface area contributed by atoms with Crippen LogP contribution in [0.2, 0.25) is 0 Å². The molecule has 0 aliphatic rings. The van der Waals surface area contributed by atoms with Crippen LogP contribution in [0.3, 0.4) is 0 Å². The Morgan fingerprint density at radius 1 is 0.476 bits per heavy atom. The largest absolute Gasteiger partial charge is 0.478 e. The van der Waals surface area contributed by atoms with Crippen molar-refractivity contribution in [2.45, 2.75) is 74.8 Å². The van der Waals surface area contributed by atoms with Gasteiger partial charge >= 0.3 is 55.0 Å². The van der Waals surface area contributed by atoms with Crippen LogP contribution in [0.15, 0.2) is 0 Å². The fourth-order valence-corrected chi connectivity index (χ4v) is 1.09. The summed E-state index contributed by atoms with van der Waals surface area (Å²) >= 11 is 0. The van der Waals surface area contributed by atoms with Crippen molar-refractivity contribution in [3.05, 3.63) is 0 Å². The average molecular weight is 700 g/mol. The molecule has 0 saturated carbocycles. The molecule has 0 saturated heterocycles. The SMILES string of the molecule is CCC(F)(F)F.CF.FOC(F)(F)C(F)(F)OC(F)(C(F)(F)F)C(F)(F)OCC(F)(F)F.FOC(F)(F)CC(F)(F)F. The fourth-order valence-electron chi connectivity index (χ4n) is 1.09. The predicted molar refractivity (Wildman–Crippen MR) is 81.2 cm³/mol. The number of alkyl halides is 22. The van der Waals surface area contributed by atoms with E-state index in [2.05, 4.69) is 4.74 Å². The maximum atomic E-state index is 13.2. The van der Waals surface area contributed by atoms with Gasteiger partial charge in [-0.15, -0.1) is 9.88 Å². The van der Waals surface area contributed by atoms with Crippen molar-refractivity contribution in [1.82, 2.24) is 0 Å². The van der Waals surface area contributed by atoms with Crippen molar-refractivity contribution < 1.29 is 125 Å². The van der Waals surface area contributed by atoms with Gasteiger partial charge in [0.05, 0.1) is 7.18 Å². The summed E-state index contributed by atoms with van der Waals surface area (Å²) in [6.07, 6.45) is -51.0. The zero-order valence-electron chi connectivity index (χ0n) is 19.3. The summed E-state index contributed by atoms with van der Waals surface area (Å²) in [6.45, 7) is -2.23. The van der Waals surface area contributed by atoms with Crippen LogP contribution >= 0.6 is 0 Å². The monoisotopic (exact) mass is 700 g/mol. The first-order valence-electron chi connectivity index (χ1n) is 8.84. The van der Waals surface area contributed by atoms with Crippen LogP contribution in [-0.2, 0) is 19.4 Å². The first kappa shape index (κ1) is 47.1. The summed E-state index contributed by atoms with van der Waals surface area (Å²) in [7, 11) is 0.500. The Morgan fingerprint density at radius 3 is 1.02 bits per heavy atom. The van der Waals surface area contributed by atoms with Gasteiger partial charge in [0.25, 0.3) is 0 Å². The summed E-state index contributed by atoms with van der Waals surface area (Å²) in [5, 5.41) is 0. The molecule has 28 heteroatoms. The molecule has 0 radical (unpaired) electrons. The van der Waals surface area contributed by atoms with Gasteiger partial charge in [-0.25, -0.2) is 0 Å². The number of halogens is 24. The van der Waals surface area contributed by atoms with Crippen LogP contribution in [0.1, 0.15) is 19.8 Å². The molecule has 1 atom stereocenters. The Labute approximate surface area is 215 Å². The molecule has 4 nitrogen and oxygen atoms in total. The molecular weight excluding hydrogens is 688 g/mol. The number of hydrogen-bond donors (Lipinski definition) is 0. The van der Waals surface area contributed by atoms with E-state index in [-0.39, 0.29) is 0 Å². The molecule has 0 bridgehead atoms. The van der Waals surface area contributed by atoms with Crippen LogP contribution in [0, 0.1) is 0 Å². The highest BCUT2D eigenvalue weighted by molar-refractivity contribution is 4.89. The summed E-state index contributed by atoms with van der Waals surface area (Å²) in [5.74, 6) is -7.24. The smallest absolute Gasteiger partial charge is 0.306 e. The zero-order chi connectivity index (χ0) is 35.4. The molecule has 0 amide bonds. The highest BCUT2D eigenvalue weighted by atomic mass is 19.4. The van der Waals surface area contributed by atoms with Gasteiger partial charge < -0.3 is 4.74 Å². The van der Waals surface area contributed by atoms with E-state index in [0.29, 0.717) is 7.18 Å². The molecule has 0 fully saturated rings. The standard InChI is InChI=1S/C7H2F14O3.C3H2F6O.C3H5F3.CH3F/c8-2(9,10)1-22-5(15,16)3(11,4(12,13)14)23-6(17,18)7(19,20)24-21;4-2(5,6)1-3(7,8)10-9;1-2-3(4,5)6;1-2/h1H2;1H2;2H2,1H3;1H3. The molecule has 0 rings (SSSR count). The Bertz CT molecular complexity index is 725. The molecule has 0 aromatic carbocycles. The molecule has 0 heterocycles. The Hall–Kier alpha value is -1.84. The molecule has 1 unspecified atom stereocenters. The Kier molecular flexibility index (Phi) is 18.3. The second kappa shape index (κ2) is 16.3. The first-order valence-corrected chi connectivity index (χ1v) is 8.84. The molecule has 42 heavy (non-hydrogen) atoms. The lowest BCUT2D eigenvalue weighted by Gasteiger charge is -2.36. The van der Waals surface area contributed by atoms with Gasteiger partial charge in [0, 0.05) is 6.42 Å². The van der Waals surface area contributed by atoms with E-state index in [9.17, 15) is 106 Å². The third-order valence-corrected chi connectivity index (χ3v) is 2.78. The minimum absolute atomic E-state index is 0.500. The Balaban J connectivity index is -0.000000327. The molecule has 0 aromatic rings. The second-order valence-electron chi connectivity index (χ2n) is 6.20. The average Bonchev–Trinajstić information content (AvgIpc) is 2.76. The van der Waals surface area contributed by atoms with Gasteiger partial charge in [-0.2, -0.15) is 92.2 Å². The van der Waals surface area contributed by atoms with Crippen molar-refractivity contribution in [1.29, 1.82) is 0 Å². The van der Waals surface area contributed by atoms with Crippen molar-refractivity contribution in [3.63, 3.8) is 0 Å². The van der Waals surface area contributed by atoms with Crippen molar-refractivity contribution in [2.24, 2.45) is 0 Å². The highest BCUT2D eigenvalue weighted by Crippen LogP contribution is 2.52. The van der Waals surface area contributed by atoms with Crippen molar-refractivity contribution in [3.8, 4) is 0 Å². The van der Waals surface area contributed by atoms with E-state index in [1.807, 2.05) is 0 Å². The number of hydrogen-bond acceptors (Lipinski definition) is 4. The number of ether oxygens (including phenoxy) is 2. The molecular formula is C14H12F24O4. The summed E-state index contributed by atoms with van der Waals surface area (Å²) in [5.41, 5.74) is 0. The Morgan fingerprint density at radius 2 is 0.833 bits per heavy atom. The summed E-state index contributed by atoms with van der Waals surface area (Å²) < 4.78 is 283. The van der Waals surface area contributed by atoms with E-state index in [1.165, 1.54) is 4.94 Å². The third-order valence-electron chi connectivity index (χ3n) is 2.78. The molecule has 0 aliphatic heterocycles. The second-order valence-corrected chi connectivity index (χ2v) is 6.20. The van der Waals surface area contributed by atoms with Gasteiger partial charge in [-0.3, -0.25) is 9.13 Å². The molecule has 0 spiro atoms. The maximum Gasteiger partial charge on any atom is 0.478 e. The van der Waals surface area contributed by atoms with E-state index < -0.39 is 74.4 Å². The summed E-state index contributed by atoms with van der Waals surface area (Å²) in [4.78, 5) is 2.94. The first-order chi connectivity index (χ1) is 18.1. The number of rotatable bonds is 9. The van der Waals surface area contributed by atoms with Crippen LogP contribution in [-0.4, -0.2) is 68.8 Å². The molecule has 0 N–H and O–H groups in total. The van der Waals surface area contributed by atoms with Crippen LogP contribution in [0.4, 0.5) is 106 Å². The topological polar surface area (TPSA) is 36.9 Å². The van der Waals surface area contributed by atoms with Crippen LogP contribution in [0.25, 0.3) is 0 Å². The lowest BCUT2D eigenvalue weighted by Crippen LogP contribution is -2.63. The van der Waals surface area contributed by atoms with E-state index in [0.717, 1.165) is 6.92 Å². The van der Waals surface area contributed by atoms with Crippen molar-refractivity contribution >= 4 is 0 Å². The van der Waals surface area contributed by atoms with Gasteiger partial charge in [0.2, 0.25) is 0 Å². The summed E-state index contributed by atoms with van der Waals surface area (Å²) in [6, 6.07) is 0. The van der Waals surface area contributed by atoms with E-state index >= 15 is 0 Å². The predicted octanol–water partition coefficient (Wildman–Crippen LogP) is 9.47. The lowest BCUT2D eigenvalue weighted by molar-refractivity contribution is -0.555. The minimum Gasteiger partial charge on any atom is -0.306 e. The lowest BCUT2D eigenvalue weighted by atomic mass is 10.2. The van der Waals surface area contributed by atoms with E-state index in [1.54, 1.807) is 9.68 Å². The zero-order valence-corrected chi connectivity index (χ0v) is 19.3. The quantitative estimate of drug-likeness (QED) is 0.225. The van der Waals surface area contributed by atoms with Gasteiger partial charge in [-0.05, 0) is 9.05 Å². The van der Waals surface area contributed by atoms with E-state index in [4.69, 9.17) is 0 Å². The minimum atomic E-state index is -7.34.